The van der Waals surface area contributed by atoms with Gasteiger partial charge in [-0.2, -0.15) is 0 Å². The van der Waals surface area contributed by atoms with Crippen molar-refractivity contribution in [1.82, 2.24) is 10.3 Å². The Labute approximate surface area is 136 Å². The van der Waals surface area contributed by atoms with Crippen LogP contribution < -0.4 is 11.1 Å². The molecule has 1 heterocycles. The maximum Gasteiger partial charge on any atom is 0.223 e. The number of halogens is 2. The summed E-state index contributed by atoms with van der Waals surface area (Å²) < 4.78 is 0. The molecule has 20 heavy (non-hydrogen) atoms. The van der Waals surface area contributed by atoms with Crippen molar-refractivity contribution in [3.05, 3.63) is 16.1 Å². The minimum Gasteiger partial charge on any atom is -0.347 e. The first-order valence-electron chi connectivity index (χ1n) is 6.58. The monoisotopic (exact) mass is 339 g/mol. The molecular formula is C13H23Cl2N3OS. The molecule has 3 unspecified atom stereocenters. The fraction of sp³-hybridized carbons (Fsp3) is 0.692. The van der Waals surface area contributed by atoms with E-state index in [-0.39, 0.29) is 48.7 Å². The Balaban J connectivity index is 0.00000180. The van der Waals surface area contributed by atoms with Crippen molar-refractivity contribution in [1.29, 1.82) is 0 Å². The Morgan fingerprint density at radius 2 is 2.25 bits per heavy atom. The minimum absolute atomic E-state index is 0. The van der Waals surface area contributed by atoms with Gasteiger partial charge in [-0.15, -0.1) is 36.2 Å². The highest BCUT2D eigenvalue weighted by Crippen LogP contribution is 2.26. The van der Waals surface area contributed by atoms with E-state index < -0.39 is 0 Å². The van der Waals surface area contributed by atoms with Crippen LogP contribution in [0.4, 0.5) is 0 Å². The van der Waals surface area contributed by atoms with Crippen molar-refractivity contribution in [3.63, 3.8) is 0 Å². The maximum absolute atomic E-state index is 12.2. The summed E-state index contributed by atoms with van der Waals surface area (Å²) in [5.41, 5.74) is 6.87. The molecule has 0 aliphatic heterocycles. The summed E-state index contributed by atoms with van der Waals surface area (Å²) in [4.78, 5) is 16.6. The third-order valence-electron chi connectivity index (χ3n) is 3.50. The molecule has 0 spiro atoms. The van der Waals surface area contributed by atoms with Crippen LogP contribution >= 0.6 is 36.2 Å². The smallest absolute Gasteiger partial charge is 0.223 e. The molecule has 3 N–H and O–H groups in total. The average molecular weight is 340 g/mol. The maximum atomic E-state index is 12.2. The van der Waals surface area contributed by atoms with Gasteiger partial charge < -0.3 is 11.1 Å². The number of nitrogens with one attached hydrogen (secondary N) is 1. The number of nitrogens with two attached hydrogens (primary N) is 1. The van der Waals surface area contributed by atoms with Crippen molar-refractivity contribution in [3.8, 4) is 0 Å². The van der Waals surface area contributed by atoms with Crippen molar-refractivity contribution in [2.45, 2.75) is 51.6 Å². The Hall–Kier alpha value is -0.360. The molecule has 3 atom stereocenters. The van der Waals surface area contributed by atoms with Gasteiger partial charge in [0.25, 0.3) is 0 Å². The summed E-state index contributed by atoms with van der Waals surface area (Å²) in [5.74, 6) is 0.234. The third kappa shape index (κ3) is 4.88. The molecule has 1 aromatic rings. The Morgan fingerprint density at radius 1 is 1.55 bits per heavy atom. The average Bonchev–Trinajstić information content (AvgIpc) is 2.94. The first-order chi connectivity index (χ1) is 8.60. The van der Waals surface area contributed by atoms with Crippen molar-refractivity contribution in [2.24, 2.45) is 11.7 Å². The fourth-order valence-electron chi connectivity index (χ4n) is 2.41. The largest absolute Gasteiger partial charge is 0.347 e. The number of rotatable bonds is 4. The van der Waals surface area contributed by atoms with E-state index in [2.05, 4.69) is 17.2 Å². The first kappa shape index (κ1) is 19.6. The second-order valence-electron chi connectivity index (χ2n) is 5.07. The van der Waals surface area contributed by atoms with E-state index in [0.717, 1.165) is 36.4 Å². The molecule has 0 saturated heterocycles. The van der Waals surface area contributed by atoms with Gasteiger partial charge in [-0.3, -0.25) is 4.79 Å². The summed E-state index contributed by atoms with van der Waals surface area (Å²) in [5, 5.41) is 6.14. The zero-order valence-corrected chi connectivity index (χ0v) is 14.2. The number of carbonyl (C=O) groups is 1. The molecule has 2 rings (SSSR count). The lowest BCUT2D eigenvalue weighted by atomic mass is 10.1. The number of aromatic nitrogens is 1. The van der Waals surface area contributed by atoms with Crippen LogP contribution in [0, 0.1) is 12.8 Å². The quantitative estimate of drug-likeness (QED) is 0.885. The lowest BCUT2D eigenvalue weighted by molar-refractivity contribution is -0.125. The minimum atomic E-state index is 0. The lowest BCUT2D eigenvalue weighted by Gasteiger charge is -2.17. The van der Waals surface area contributed by atoms with Gasteiger partial charge in [-0.05, 0) is 32.6 Å². The SMILES string of the molecule is CCC(NC(=O)C1CCC(N)C1)c1nc(C)cs1.Cl.Cl. The zero-order chi connectivity index (χ0) is 13.1. The predicted octanol–water partition coefficient (Wildman–Crippen LogP) is 2.99. The van der Waals surface area contributed by atoms with Crippen molar-refractivity contribution in [2.75, 3.05) is 0 Å². The molecule has 1 saturated carbocycles. The van der Waals surface area contributed by atoms with Crippen LogP contribution in [0.3, 0.4) is 0 Å². The van der Waals surface area contributed by atoms with Gasteiger partial charge in [-0.25, -0.2) is 4.98 Å². The van der Waals surface area contributed by atoms with Gasteiger partial charge in [0.05, 0.1) is 6.04 Å². The van der Waals surface area contributed by atoms with Gasteiger partial charge in [-0.1, -0.05) is 6.92 Å². The number of aryl methyl sites for hydroxylation is 1. The van der Waals surface area contributed by atoms with Crippen LogP contribution in [0.1, 0.15) is 49.4 Å². The van der Waals surface area contributed by atoms with Crippen molar-refractivity contribution < 1.29 is 4.79 Å². The molecule has 7 heteroatoms. The number of nitrogens with zero attached hydrogens (tertiary/aromatic N) is 1. The number of hydrogen-bond donors (Lipinski definition) is 2. The van der Waals surface area contributed by atoms with Crippen LogP contribution in [0.2, 0.25) is 0 Å². The van der Waals surface area contributed by atoms with Gasteiger partial charge in [0.2, 0.25) is 5.91 Å². The summed E-state index contributed by atoms with van der Waals surface area (Å²) >= 11 is 1.62. The topological polar surface area (TPSA) is 68.0 Å². The molecule has 116 valence electrons. The van der Waals surface area contributed by atoms with Gasteiger partial charge >= 0.3 is 0 Å². The van der Waals surface area contributed by atoms with Crippen molar-refractivity contribution >= 4 is 42.1 Å². The molecule has 0 bridgehead atoms. The normalized spacial score (nSPS) is 22.6. The molecule has 1 fully saturated rings. The molecule has 0 aromatic carbocycles. The predicted molar refractivity (Wildman–Crippen MR) is 87.8 cm³/mol. The Bertz CT molecular complexity index is 428. The van der Waals surface area contributed by atoms with E-state index in [1.807, 2.05) is 12.3 Å². The van der Waals surface area contributed by atoms with E-state index in [0.29, 0.717) is 0 Å². The number of thiazole rings is 1. The highest BCUT2D eigenvalue weighted by molar-refractivity contribution is 7.09. The fourth-order valence-corrected chi connectivity index (χ4v) is 3.35. The molecule has 1 aromatic heterocycles. The Kier molecular flexibility index (Phi) is 8.66. The standard InChI is InChI=1S/C13H21N3OS.2ClH/c1-3-11(13-15-8(2)7-18-13)16-12(17)9-4-5-10(14)6-9;;/h7,9-11H,3-6,14H2,1-2H3,(H,16,17);2*1H. The first-order valence-corrected chi connectivity index (χ1v) is 7.46. The number of carbonyl (C=O) groups excluding carboxylic acids is 1. The lowest BCUT2D eigenvalue weighted by Crippen LogP contribution is -2.33. The van der Waals surface area contributed by atoms with E-state index in [4.69, 9.17) is 5.73 Å². The van der Waals surface area contributed by atoms with Crippen LogP contribution in [-0.2, 0) is 4.79 Å². The zero-order valence-electron chi connectivity index (χ0n) is 11.8. The Morgan fingerprint density at radius 3 is 2.70 bits per heavy atom. The second kappa shape index (κ2) is 8.82. The van der Waals surface area contributed by atoms with E-state index in [1.54, 1.807) is 11.3 Å². The van der Waals surface area contributed by atoms with Gasteiger partial charge in [0, 0.05) is 23.0 Å². The molecule has 1 aliphatic rings. The molecule has 0 radical (unpaired) electrons. The van der Waals surface area contributed by atoms with Crippen LogP contribution in [0.15, 0.2) is 5.38 Å². The number of hydrogen-bond acceptors (Lipinski definition) is 4. The summed E-state index contributed by atoms with van der Waals surface area (Å²) in [6.45, 7) is 4.05. The third-order valence-corrected chi connectivity index (χ3v) is 4.58. The molecule has 1 amide bonds. The van der Waals surface area contributed by atoms with E-state index in [9.17, 15) is 4.79 Å². The van der Waals surface area contributed by atoms with E-state index >= 15 is 0 Å². The second-order valence-corrected chi connectivity index (χ2v) is 5.96. The summed E-state index contributed by atoms with van der Waals surface area (Å²) in [7, 11) is 0. The van der Waals surface area contributed by atoms with Crippen LogP contribution in [0.5, 0.6) is 0 Å². The highest BCUT2D eigenvalue weighted by Gasteiger charge is 2.29. The van der Waals surface area contributed by atoms with Gasteiger partial charge in [0.1, 0.15) is 5.01 Å². The summed E-state index contributed by atoms with van der Waals surface area (Å²) in [6.07, 6.45) is 3.57. The molecule has 1 aliphatic carbocycles. The van der Waals surface area contributed by atoms with E-state index in [1.165, 1.54) is 0 Å². The summed E-state index contributed by atoms with van der Waals surface area (Å²) in [6, 6.07) is 0.246. The molecular weight excluding hydrogens is 317 g/mol. The number of amides is 1. The molecule has 4 nitrogen and oxygen atoms in total. The highest BCUT2D eigenvalue weighted by atomic mass is 35.5. The van der Waals surface area contributed by atoms with Crippen LogP contribution in [0.25, 0.3) is 0 Å². The van der Waals surface area contributed by atoms with Crippen LogP contribution in [-0.4, -0.2) is 16.9 Å². The van der Waals surface area contributed by atoms with Gasteiger partial charge in [0.15, 0.2) is 0 Å².